The Kier molecular flexibility index (Phi) is 3.10. The number of anilines is 1. The molecule has 1 atom stereocenters. The molecule has 0 radical (unpaired) electrons. The normalized spacial score (nSPS) is 20.5. The van der Waals surface area contributed by atoms with Crippen LogP contribution in [0, 0.1) is 12.7 Å². The third kappa shape index (κ3) is 2.22. The van der Waals surface area contributed by atoms with Gasteiger partial charge in [-0.2, -0.15) is 8.42 Å². The van der Waals surface area contributed by atoms with E-state index in [-0.39, 0.29) is 17.8 Å². The SMILES string of the molecule is Cc1c(F)cccc1N1CC(S(=O)(=O)F)CC1=O. The van der Waals surface area contributed by atoms with E-state index >= 15 is 0 Å². The van der Waals surface area contributed by atoms with Gasteiger partial charge in [0.25, 0.3) is 0 Å². The van der Waals surface area contributed by atoms with Gasteiger partial charge in [-0.3, -0.25) is 4.79 Å². The van der Waals surface area contributed by atoms with Gasteiger partial charge in [-0.25, -0.2) is 4.39 Å². The van der Waals surface area contributed by atoms with Gasteiger partial charge in [0.1, 0.15) is 11.1 Å². The summed E-state index contributed by atoms with van der Waals surface area (Å²) in [6.45, 7) is 1.21. The molecule has 1 fully saturated rings. The molecule has 0 aliphatic carbocycles. The maximum absolute atomic E-state index is 13.4. The van der Waals surface area contributed by atoms with Crippen LogP contribution in [0.5, 0.6) is 0 Å². The molecule has 2 rings (SSSR count). The Morgan fingerprint density at radius 3 is 2.61 bits per heavy atom. The molecular weight excluding hydrogens is 264 g/mol. The second-order valence-electron chi connectivity index (χ2n) is 4.19. The maximum atomic E-state index is 13.4. The van der Waals surface area contributed by atoms with Crippen LogP contribution >= 0.6 is 0 Å². The van der Waals surface area contributed by atoms with Gasteiger partial charge >= 0.3 is 10.2 Å². The largest absolute Gasteiger partial charge is 0.311 e. The fraction of sp³-hybridized carbons (Fsp3) is 0.364. The summed E-state index contributed by atoms with van der Waals surface area (Å²) in [6.07, 6.45) is -0.408. The van der Waals surface area contributed by atoms with Crippen molar-refractivity contribution >= 4 is 21.8 Å². The van der Waals surface area contributed by atoms with Crippen LogP contribution in [0.3, 0.4) is 0 Å². The molecule has 0 spiro atoms. The van der Waals surface area contributed by atoms with Crippen molar-refractivity contribution in [2.75, 3.05) is 11.4 Å². The first-order chi connectivity index (χ1) is 8.30. The molecule has 98 valence electrons. The summed E-state index contributed by atoms with van der Waals surface area (Å²) in [5.74, 6) is -1.01. The lowest BCUT2D eigenvalue weighted by Gasteiger charge is -2.18. The summed E-state index contributed by atoms with van der Waals surface area (Å²) in [7, 11) is -4.76. The van der Waals surface area contributed by atoms with Gasteiger partial charge in [-0.05, 0) is 19.1 Å². The standard InChI is InChI=1S/C11H11F2NO3S/c1-7-9(12)3-2-4-10(7)14-6-8(5-11(14)15)18(13,16)17/h2-4,8H,5-6H2,1H3. The zero-order chi connectivity index (χ0) is 13.5. The molecule has 1 aromatic rings. The predicted octanol–water partition coefficient (Wildman–Crippen LogP) is 1.54. The molecule has 1 saturated heterocycles. The second kappa shape index (κ2) is 4.31. The van der Waals surface area contributed by atoms with Crippen LogP contribution < -0.4 is 4.90 Å². The van der Waals surface area contributed by atoms with Crippen molar-refractivity contribution in [1.82, 2.24) is 0 Å². The highest BCUT2D eigenvalue weighted by Crippen LogP contribution is 2.29. The van der Waals surface area contributed by atoms with Crippen molar-refractivity contribution in [2.45, 2.75) is 18.6 Å². The Hall–Kier alpha value is -1.50. The fourth-order valence-corrected chi connectivity index (χ4v) is 2.65. The van der Waals surface area contributed by atoms with Gasteiger partial charge in [0.15, 0.2) is 0 Å². The number of carbonyl (C=O) groups is 1. The van der Waals surface area contributed by atoms with Gasteiger partial charge in [0.2, 0.25) is 5.91 Å². The van der Waals surface area contributed by atoms with E-state index in [1.54, 1.807) is 0 Å². The van der Waals surface area contributed by atoms with Crippen LogP contribution in [0.1, 0.15) is 12.0 Å². The summed E-state index contributed by atoms with van der Waals surface area (Å²) in [6, 6.07) is 4.16. The smallest absolute Gasteiger partial charge is 0.307 e. The number of nitrogens with zero attached hydrogens (tertiary/aromatic N) is 1. The van der Waals surface area contributed by atoms with Crippen LogP contribution in [0.2, 0.25) is 0 Å². The first-order valence-electron chi connectivity index (χ1n) is 5.29. The van der Waals surface area contributed by atoms with E-state index in [1.165, 1.54) is 25.1 Å². The molecule has 1 aliphatic heterocycles. The summed E-state index contributed by atoms with van der Waals surface area (Å²) < 4.78 is 47.8. The number of hydrogen-bond donors (Lipinski definition) is 0. The van der Waals surface area contributed by atoms with E-state index in [2.05, 4.69) is 0 Å². The summed E-state index contributed by atoms with van der Waals surface area (Å²) in [5, 5.41) is -1.37. The van der Waals surface area contributed by atoms with Crippen molar-refractivity contribution in [3.63, 3.8) is 0 Å². The quantitative estimate of drug-likeness (QED) is 0.769. The van der Waals surface area contributed by atoms with Crippen LogP contribution in [0.4, 0.5) is 14.0 Å². The minimum absolute atomic E-state index is 0.239. The number of hydrogen-bond acceptors (Lipinski definition) is 3. The average Bonchev–Trinajstić information content (AvgIpc) is 2.64. The molecule has 7 heteroatoms. The minimum atomic E-state index is -4.76. The highest BCUT2D eigenvalue weighted by atomic mass is 32.3. The first-order valence-corrected chi connectivity index (χ1v) is 6.74. The molecule has 1 unspecified atom stereocenters. The summed E-state index contributed by atoms with van der Waals surface area (Å²) >= 11 is 0. The average molecular weight is 275 g/mol. The maximum Gasteiger partial charge on any atom is 0.307 e. The third-order valence-electron chi connectivity index (χ3n) is 3.02. The monoisotopic (exact) mass is 275 g/mol. The molecule has 18 heavy (non-hydrogen) atoms. The topological polar surface area (TPSA) is 54.5 Å². The predicted molar refractivity (Wildman–Crippen MR) is 61.9 cm³/mol. The van der Waals surface area contributed by atoms with E-state index in [1.807, 2.05) is 0 Å². The second-order valence-corrected chi connectivity index (χ2v) is 5.81. The van der Waals surface area contributed by atoms with Crippen molar-refractivity contribution < 1.29 is 21.5 Å². The van der Waals surface area contributed by atoms with Crippen molar-refractivity contribution in [3.05, 3.63) is 29.6 Å². The van der Waals surface area contributed by atoms with Gasteiger partial charge in [-0.1, -0.05) is 6.07 Å². The van der Waals surface area contributed by atoms with Crippen molar-refractivity contribution in [2.24, 2.45) is 0 Å². The molecule has 1 amide bonds. The molecule has 1 heterocycles. The van der Waals surface area contributed by atoms with Crippen LogP contribution in [-0.4, -0.2) is 26.1 Å². The highest BCUT2D eigenvalue weighted by Gasteiger charge is 2.39. The Labute approximate surface area is 103 Å². The number of rotatable bonds is 2. The van der Waals surface area contributed by atoms with Gasteiger partial charge < -0.3 is 4.90 Å². The lowest BCUT2D eigenvalue weighted by atomic mass is 10.2. The molecule has 0 aromatic heterocycles. The Morgan fingerprint density at radius 2 is 2.06 bits per heavy atom. The van der Waals surface area contributed by atoms with Crippen molar-refractivity contribution in [3.8, 4) is 0 Å². The van der Waals surface area contributed by atoms with E-state index in [9.17, 15) is 21.5 Å². The van der Waals surface area contributed by atoms with E-state index < -0.39 is 33.6 Å². The minimum Gasteiger partial charge on any atom is -0.311 e. The molecule has 1 aliphatic rings. The highest BCUT2D eigenvalue weighted by molar-refractivity contribution is 7.87. The Bertz CT molecular complexity index is 600. The number of amides is 1. The molecular formula is C11H11F2NO3S. The van der Waals surface area contributed by atoms with Crippen molar-refractivity contribution in [1.29, 1.82) is 0 Å². The lowest BCUT2D eigenvalue weighted by molar-refractivity contribution is -0.117. The van der Waals surface area contributed by atoms with Crippen LogP contribution in [-0.2, 0) is 15.0 Å². The van der Waals surface area contributed by atoms with E-state index in [0.29, 0.717) is 0 Å². The summed E-state index contributed by atoms with van der Waals surface area (Å²) in [5.41, 5.74) is 0.522. The molecule has 0 saturated carbocycles. The summed E-state index contributed by atoms with van der Waals surface area (Å²) in [4.78, 5) is 12.8. The van der Waals surface area contributed by atoms with Gasteiger partial charge in [0, 0.05) is 24.2 Å². The lowest BCUT2D eigenvalue weighted by Crippen LogP contribution is -2.27. The molecule has 1 aromatic carbocycles. The zero-order valence-corrected chi connectivity index (χ0v) is 10.4. The molecule has 0 N–H and O–H groups in total. The third-order valence-corrected chi connectivity index (χ3v) is 4.13. The molecule has 0 bridgehead atoms. The Balaban J connectivity index is 2.36. The van der Waals surface area contributed by atoms with Crippen LogP contribution in [0.15, 0.2) is 18.2 Å². The van der Waals surface area contributed by atoms with Crippen LogP contribution in [0.25, 0.3) is 0 Å². The number of benzene rings is 1. The number of carbonyl (C=O) groups excluding carboxylic acids is 1. The number of halogens is 2. The van der Waals surface area contributed by atoms with E-state index in [0.717, 1.165) is 4.90 Å². The van der Waals surface area contributed by atoms with E-state index in [4.69, 9.17) is 0 Å². The fourth-order valence-electron chi connectivity index (χ4n) is 1.98. The van der Waals surface area contributed by atoms with Gasteiger partial charge in [0.05, 0.1) is 0 Å². The zero-order valence-electron chi connectivity index (χ0n) is 9.56. The first kappa shape index (κ1) is 12.9. The molecule has 4 nitrogen and oxygen atoms in total. The Morgan fingerprint density at radius 1 is 1.39 bits per heavy atom. The van der Waals surface area contributed by atoms with Gasteiger partial charge in [-0.15, -0.1) is 3.89 Å².